The third kappa shape index (κ3) is 5.75. The predicted octanol–water partition coefficient (Wildman–Crippen LogP) is 3.20. The average molecular weight is 330 g/mol. The minimum Gasteiger partial charge on any atom is -0.481 e. The van der Waals surface area contributed by atoms with E-state index in [1.807, 2.05) is 6.07 Å². The van der Waals surface area contributed by atoms with Crippen molar-refractivity contribution in [3.63, 3.8) is 0 Å². The maximum absolute atomic E-state index is 12.0. The molecule has 0 spiro atoms. The molecule has 0 saturated heterocycles. The van der Waals surface area contributed by atoms with Gasteiger partial charge in [-0.2, -0.15) is 5.10 Å². The number of hydrogen-bond donors (Lipinski definition) is 3. The fraction of sp³-hybridized carbons (Fsp3) is 0.353. The Balaban J connectivity index is 1.91. The van der Waals surface area contributed by atoms with Crippen molar-refractivity contribution in [1.82, 2.24) is 9.78 Å². The smallest absolute Gasteiger partial charge is 0.323 e. The predicted molar refractivity (Wildman–Crippen MR) is 92.1 cm³/mol. The van der Waals surface area contributed by atoms with Crippen molar-refractivity contribution in [3.05, 3.63) is 42.2 Å². The number of nitrogens with one attached hydrogen (secondary N) is 2. The molecule has 3 N–H and O–H groups in total. The Morgan fingerprint density at radius 3 is 2.71 bits per heavy atom. The fourth-order valence-electron chi connectivity index (χ4n) is 2.25. The molecule has 0 unspecified atom stereocenters. The summed E-state index contributed by atoms with van der Waals surface area (Å²) in [5.41, 5.74) is 2.10. The van der Waals surface area contributed by atoms with Gasteiger partial charge < -0.3 is 15.7 Å². The molecule has 0 atom stereocenters. The van der Waals surface area contributed by atoms with Crippen LogP contribution in [0.2, 0.25) is 0 Å². The second-order valence-electron chi connectivity index (χ2n) is 6.02. The molecule has 0 aliphatic carbocycles. The third-order valence-corrected chi connectivity index (χ3v) is 3.26. The van der Waals surface area contributed by atoms with Gasteiger partial charge in [-0.1, -0.05) is 26.0 Å². The summed E-state index contributed by atoms with van der Waals surface area (Å²) in [7, 11) is 0. The van der Waals surface area contributed by atoms with Gasteiger partial charge in [0.15, 0.2) is 0 Å². The lowest BCUT2D eigenvalue weighted by Crippen LogP contribution is -2.19. The summed E-state index contributed by atoms with van der Waals surface area (Å²) < 4.78 is 1.78. The van der Waals surface area contributed by atoms with Crippen molar-refractivity contribution in [1.29, 1.82) is 0 Å². The summed E-state index contributed by atoms with van der Waals surface area (Å²) >= 11 is 0. The van der Waals surface area contributed by atoms with E-state index in [1.165, 1.54) is 0 Å². The Hall–Kier alpha value is -2.83. The largest absolute Gasteiger partial charge is 0.481 e. The molecule has 0 fully saturated rings. The number of aryl methyl sites for hydroxylation is 1. The molecule has 0 bridgehead atoms. The lowest BCUT2D eigenvalue weighted by Gasteiger charge is -2.08. The summed E-state index contributed by atoms with van der Waals surface area (Å²) in [5.74, 6) is -0.371. The molecule has 2 aromatic rings. The number of carboxylic acids is 1. The average Bonchev–Trinajstić information content (AvgIpc) is 2.91. The zero-order chi connectivity index (χ0) is 17.5. The molecule has 0 aliphatic heterocycles. The maximum atomic E-state index is 12.0. The normalized spacial score (nSPS) is 10.6. The molecule has 0 radical (unpaired) electrons. The van der Waals surface area contributed by atoms with E-state index in [0.717, 1.165) is 12.1 Å². The van der Waals surface area contributed by atoms with Crippen molar-refractivity contribution in [2.75, 3.05) is 10.6 Å². The van der Waals surface area contributed by atoms with Crippen molar-refractivity contribution < 1.29 is 14.7 Å². The van der Waals surface area contributed by atoms with Crippen molar-refractivity contribution in [2.24, 2.45) is 5.92 Å². The first-order valence-corrected chi connectivity index (χ1v) is 7.83. The van der Waals surface area contributed by atoms with Crippen LogP contribution >= 0.6 is 0 Å². The molecular weight excluding hydrogens is 308 g/mol. The van der Waals surface area contributed by atoms with Gasteiger partial charge in [0, 0.05) is 24.8 Å². The van der Waals surface area contributed by atoms with Gasteiger partial charge in [-0.3, -0.25) is 9.48 Å². The van der Waals surface area contributed by atoms with Gasteiger partial charge in [-0.15, -0.1) is 0 Å². The van der Waals surface area contributed by atoms with E-state index in [4.69, 9.17) is 5.11 Å². The van der Waals surface area contributed by atoms with Crippen LogP contribution in [0.5, 0.6) is 0 Å². The van der Waals surface area contributed by atoms with E-state index >= 15 is 0 Å². The quantitative estimate of drug-likeness (QED) is 0.726. The number of amides is 2. The summed E-state index contributed by atoms with van der Waals surface area (Å²) in [6.07, 6.45) is 3.87. The first-order valence-electron chi connectivity index (χ1n) is 7.83. The van der Waals surface area contributed by atoms with Gasteiger partial charge in [0.25, 0.3) is 0 Å². The summed E-state index contributed by atoms with van der Waals surface area (Å²) in [6, 6.07) is 6.78. The van der Waals surface area contributed by atoms with Crippen molar-refractivity contribution in [3.8, 4) is 0 Å². The van der Waals surface area contributed by atoms with Crippen LogP contribution in [0.4, 0.5) is 16.2 Å². The van der Waals surface area contributed by atoms with Gasteiger partial charge in [0.2, 0.25) is 0 Å². The lowest BCUT2D eigenvalue weighted by molar-refractivity contribution is -0.136. The van der Waals surface area contributed by atoms with Crippen LogP contribution in [0, 0.1) is 5.92 Å². The Morgan fingerprint density at radius 1 is 1.25 bits per heavy atom. The van der Waals surface area contributed by atoms with E-state index < -0.39 is 5.97 Å². The Kier molecular flexibility index (Phi) is 5.95. The van der Waals surface area contributed by atoms with Crippen molar-refractivity contribution in [2.45, 2.75) is 33.2 Å². The van der Waals surface area contributed by atoms with Gasteiger partial charge in [0.05, 0.1) is 11.9 Å². The number of aromatic nitrogens is 2. The molecule has 2 rings (SSSR count). The number of nitrogens with zero attached hydrogens (tertiary/aromatic N) is 2. The van der Waals surface area contributed by atoms with Crippen molar-refractivity contribution >= 4 is 23.4 Å². The highest BCUT2D eigenvalue weighted by Crippen LogP contribution is 2.13. The van der Waals surface area contributed by atoms with Crippen LogP contribution in [-0.4, -0.2) is 26.9 Å². The number of benzene rings is 1. The highest BCUT2D eigenvalue weighted by atomic mass is 16.4. The molecule has 1 aromatic carbocycles. The molecule has 0 saturated carbocycles. The second kappa shape index (κ2) is 8.14. The first-order chi connectivity index (χ1) is 11.4. The number of carboxylic acid groups (broad SMARTS) is 1. The van der Waals surface area contributed by atoms with Crippen LogP contribution in [0.3, 0.4) is 0 Å². The minimum absolute atomic E-state index is 0.0602. The molecule has 2 amide bonds. The molecule has 7 nitrogen and oxygen atoms in total. The zero-order valence-corrected chi connectivity index (χ0v) is 13.8. The van der Waals surface area contributed by atoms with E-state index in [1.54, 1.807) is 35.3 Å². The molecule has 1 aromatic heterocycles. The zero-order valence-electron chi connectivity index (χ0n) is 13.8. The molecule has 7 heteroatoms. The van der Waals surface area contributed by atoms with Crippen LogP contribution in [-0.2, 0) is 17.8 Å². The summed E-state index contributed by atoms with van der Waals surface area (Å²) in [5, 5.41) is 18.4. The van der Waals surface area contributed by atoms with Gasteiger partial charge in [0.1, 0.15) is 0 Å². The standard InChI is InChI=1S/C17H22N4O3/c1-12(2)10-21-11-15(9-18-21)20-17(24)19-14-5-3-4-13(8-14)6-7-16(22)23/h3-5,8-9,11-12H,6-7,10H2,1-2H3,(H,22,23)(H2,19,20,24). The van der Waals surface area contributed by atoms with E-state index in [2.05, 4.69) is 29.6 Å². The van der Waals surface area contributed by atoms with E-state index in [9.17, 15) is 9.59 Å². The van der Waals surface area contributed by atoms with Gasteiger partial charge >= 0.3 is 12.0 Å². The molecule has 128 valence electrons. The highest BCUT2D eigenvalue weighted by Gasteiger charge is 2.07. The number of rotatable bonds is 7. The Bertz CT molecular complexity index is 709. The van der Waals surface area contributed by atoms with Gasteiger partial charge in [-0.05, 0) is 30.0 Å². The fourth-order valence-corrected chi connectivity index (χ4v) is 2.25. The molecular formula is C17H22N4O3. The maximum Gasteiger partial charge on any atom is 0.323 e. The lowest BCUT2D eigenvalue weighted by atomic mass is 10.1. The number of carbonyl (C=O) groups excluding carboxylic acids is 1. The number of aliphatic carboxylic acids is 1. The topological polar surface area (TPSA) is 96.2 Å². The number of urea groups is 1. The number of hydrogen-bond acceptors (Lipinski definition) is 3. The second-order valence-corrected chi connectivity index (χ2v) is 6.02. The van der Waals surface area contributed by atoms with Crippen LogP contribution < -0.4 is 10.6 Å². The first kappa shape index (κ1) is 17.5. The summed E-state index contributed by atoms with van der Waals surface area (Å²) in [6.45, 7) is 4.98. The summed E-state index contributed by atoms with van der Waals surface area (Å²) in [4.78, 5) is 22.7. The van der Waals surface area contributed by atoms with Crippen LogP contribution in [0.1, 0.15) is 25.8 Å². The van der Waals surface area contributed by atoms with E-state index in [-0.39, 0.29) is 12.5 Å². The SMILES string of the molecule is CC(C)Cn1cc(NC(=O)Nc2cccc(CCC(=O)O)c2)cn1. The van der Waals surface area contributed by atoms with Crippen LogP contribution in [0.25, 0.3) is 0 Å². The molecule has 1 heterocycles. The third-order valence-electron chi connectivity index (χ3n) is 3.26. The Morgan fingerprint density at radius 2 is 2.00 bits per heavy atom. The molecule has 24 heavy (non-hydrogen) atoms. The monoisotopic (exact) mass is 330 g/mol. The van der Waals surface area contributed by atoms with Gasteiger partial charge in [-0.25, -0.2) is 4.79 Å². The number of carbonyl (C=O) groups is 2. The Labute approximate surface area is 140 Å². The minimum atomic E-state index is -0.843. The highest BCUT2D eigenvalue weighted by molar-refractivity contribution is 5.99. The van der Waals surface area contributed by atoms with E-state index in [0.29, 0.717) is 23.7 Å². The number of anilines is 2. The molecule has 0 aliphatic rings. The van der Waals surface area contributed by atoms with Crippen LogP contribution in [0.15, 0.2) is 36.7 Å².